The van der Waals surface area contributed by atoms with Gasteiger partial charge in [-0.1, -0.05) is 37.0 Å². The molecule has 1 aromatic rings. The van der Waals surface area contributed by atoms with E-state index in [0.29, 0.717) is 34.7 Å². The molecule has 1 aliphatic carbocycles. The van der Waals surface area contributed by atoms with E-state index in [2.05, 4.69) is 26.6 Å². The minimum absolute atomic E-state index is 0.00577. The number of halogens is 6. The number of amides is 7. The van der Waals surface area contributed by atoms with Crippen molar-refractivity contribution in [1.82, 2.24) is 36.4 Å². The zero-order valence-corrected chi connectivity index (χ0v) is 36.4. The fourth-order valence-corrected chi connectivity index (χ4v) is 7.68. The second kappa shape index (κ2) is 19.9. The van der Waals surface area contributed by atoms with Crippen molar-refractivity contribution in [3.05, 3.63) is 33.8 Å². The van der Waals surface area contributed by atoms with Crippen LogP contribution in [0.4, 0.5) is 17.6 Å². The number of hydrogen-bond donors (Lipinski definition) is 6. The molecule has 15 nitrogen and oxygen atoms in total. The van der Waals surface area contributed by atoms with Crippen LogP contribution < -0.4 is 26.6 Å². The third-order valence-corrected chi connectivity index (χ3v) is 11.8. The summed E-state index contributed by atoms with van der Waals surface area (Å²) >= 11 is 12.7. The molecule has 0 unspecified atom stereocenters. The lowest BCUT2D eigenvalue weighted by Crippen LogP contribution is -2.62. The molecule has 61 heavy (non-hydrogen) atoms. The first-order valence-corrected chi connectivity index (χ1v) is 21.0. The van der Waals surface area contributed by atoms with Crippen LogP contribution in [-0.2, 0) is 40.0 Å². The molecule has 0 spiro atoms. The quantitative estimate of drug-likeness (QED) is 0.192. The first-order valence-electron chi connectivity index (χ1n) is 20.2. The predicted molar refractivity (Wildman–Crippen MR) is 215 cm³/mol. The number of carbonyl (C=O) groups excluding carboxylic acids is 7. The maximum atomic E-state index is 14.6. The summed E-state index contributed by atoms with van der Waals surface area (Å²) in [6, 6.07) is -2.29. The Morgan fingerprint density at radius 3 is 2.30 bits per heavy atom. The molecule has 0 aromatic heterocycles. The minimum atomic E-state index is -5.43. The van der Waals surface area contributed by atoms with E-state index in [-0.39, 0.29) is 50.1 Å². The molecule has 340 valence electrons. The summed E-state index contributed by atoms with van der Waals surface area (Å²) in [4.78, 5) is 97.6. The number of alkyl halides is 4. The van der Waals surface area contributed by atoms with E-state index in [4.69, 9.17) is 23.2 Å². The fraction of sp³-hybridized carbons (Fsp3) is 0.675. The second-order valence-corrected chi connectivity index (χ2v) is 18.1. The van der Waals surface area contributed by atoms with Crippen molar-refractivity contribution in [1.29, 1.82) is 0 Å². The number of nitrogens with zero attached hydrogens (tertiary/aromatic N) is 2. The van der Waals surface area contributed by atoms with Crippen LogP contribution in [0.1, 0.15) is 85.1 Å². The number of hydrogen-bond acceptors (Lipinski definition) is 8. The van der Waals surface area contributed by atoms with Gasteiger partial charge in [0.1, 0.15) is 41.9 Å². The monoisotopic (exact) mass is 907 g/mol. The van der Waals surface area contributed by atoms with Gasteiger partial charge in [-0.05, 0) is 94.9 Å². The van der Waals surface area contributed by atoms with Crippen molar-refractivity contribution in [2.45, 2.75) is 140 Å². The van der Waals surface area contributed by atoms with Gasteiger partial charge in [0, 0.05) is 36.5 Å². The summed E-state index contributed by atoms with van der Waals surface area (Å²) in [6.07, 6.45) is -6.58. The highest BCUT2D eigenvalue weighted by Gasteiger charge is 2.59. The predicted octanol–water partition coefficient (Wildman–Crippen LogP) is 2.72. The molecule has 3 aliphatic rings. The SMILES string of the molecule is CC(C)C[C@@H]1NC(=O)[C@@H](NC(=O)[C@@H](NC(=O)[C@@H]2C[C@@H](F)CN2C(=O)[C@@](C)(O)C(F)(F)F)C2CC2)CCCCNC(=O)C(C)(C)NC(=O)[C@H](Cc2cc(Cl)ccc2Cl)N(C)C1=O. The average molecular weight is 909 g/mol. The number of carbonyl (C=O) groups is 7. The molecule has 2 saturated heterocycles. The number of likely N-dealkylation sites (tertiary alicyclic amines) is 1. The van der Waals surface area contributed by atoms with Crippen molar-refractivity contribution >= 4 is 64.6 Å². The molecule has 0 bridgehead atoms. The molecule has 2 aliphatic heterocycles. The van der Waals surface area contributed by atoms with Crippen LogP contribution in [-0.4, -0.2) is 130 Å². The minimum Gasteiger partial charge on any atom is -0.373 e. The van der Waals surface area contributed by atoms with Crippen LogP contribution in [0.25, 0.3) is 0 Å². The number of likely N-dealkylation sites (N-methyl/N-ethyl adjacent to an activating group) is 1. The topological polar surface area (TPSA) is 206 Å². The molecule has 7 amide bonds. The van der Waals surface area contributed by atoms with Gasteiger partial charge >= 0.3 is 6.18 Å². The van der Waals surface area contributed by atoms with Gasteiger partial charge in [-0.2, -0.15) is 13.2 Å². The highest BCUT2D eigenvalue weighted by atomic mass is 35.5. The molecule has 6 N–H and O–H groups in total. The molecule has 0 radical (unpaired) electrons. The average Bonchev–Trinajstić information content (AvgIpc) is 3.93. The van der Waals surface area contributed by atoms with Crippen LogP contribution >= 0.6 is 23.2 Å². The van der Waals surface area contributed by atoms with Crippen molar-refractivity contribution < 1.29 is 56.2 Å². The Morgan fingerprint density at radius 1 is 1.03 bits per heavy atom. The highest BCUT2D eigenvalue weighted by Crippen LogP contribution is 2.36. The van der Waals surface area contributed by atoms with Crippen LogP contribution in [0.3, 0.4) is 0 Å². The van der Waals surface area contributed by atoms with Gasteiger partial charge in [0.25, 0.3) is 5.91 Å². The molecule has 3 fully saturated rings. The third-order valence-electron chi connectivity index (χ3n) is 11.2. The van der Waals surface area contributed by atoms with Crippen LogP contribution in [0, 0.1) is 11.8 Å². The molecular formula is C40H55Cl2F4N7O8. The smallest absolute Gasteiger partial charge is 0.373 e. The zero-order chi connectivity index (χ0) is 45.8. The number of rotatable bonds is 10. The lowest BCUT2D eigenvalue weighted by atomic mass is 9.97. The highest BCUT2D eigenvalue weighted by molar-refractivity contribution is 6.33. The summed E-state index contributed by atoms with van der Waals surface area (Å²) in [5.74, 6) is -7.21. The van der Waals surface area contributed by atoms with Gasteiger partial charge in [-0.15, -0.1) is 0 Å². The summed E-state index contributed by atoms with van der Waals surface area (Å²) in [6.45, 7) is 6.05. The Kier molecular flexibility index (Phi) is 16.1. The third kappa shape index (κ3) is 12.5. The van der Waals surface area contributed by atoms with Gasteiger partial charge < -0.3 is 41.5 Å². The molecule has 21 heteroatoms. The van der Waals surface area contributed by atoms with Gasteiger partial charge in [0.2, 0.25) is 41.0 Å². The van der Waals surface area contributed by atoms with Gasteiger partial charge in [0.15, 0.2) is 0 Å². The van der Waals surface area contributed by atoms with E-state index in [1.165, 1.54) is 27.0 Å². The first-order chi connectivity index (χ1) is 28.2. The standard InChI is InChI=1S/C40H55Cl2F4N7O8/c1-20(2)15-27-35(58)52(6)28(17-22-16-23(41)12-13-25(22)42)33(56)51-38(3,4)36(59)47-14-8-7-9-26(31(54)49-27)48-34(57)30(21-10-11-21)50-32(55)29-18-24(43)19-53(29)37(60)39(5,61)40(44,45)46/h12-13,16,20-21,24,26-30,61H,7-11,14-15,17-19H2,1-6H3,(H,47,59)(H,48,57)(H,49,54)(H,50,55)(H,51,56)/t24-,26+,27+,28+,29+,30+,39-/m1/s1. The Hall–Kier alpha value is -4.23. The number of aliphatic hydroxyl groups is 1. The van der Waals surface area contributed by atoms with Crippen molar-refractivity contribution in [3.8, 4) is 0 Å². The largest absolute Gasteiger partial charge is 0.426 e. The van der Waals surface area contributed by atoms with E-state index in [1.807, 2.05) is 13.8 Å². The molecule has 2 heterocycles. The molecular weight excluding hydrogens is 853 g/mol. The molecule has 1 aromatic carbocycles. The maximum Gasteiger partial charge on any atom is 0.426 e. The Morgan fingerprint density at radius 2 is 1.69 bits per heavy atom. The van der Waals surface area contributed by atoms with Crippen molar-refractivity contribution in [3.63, 3.8) is 0 Å². The van der Waals surface area contributed by atoms with Crippen LogP contribution in [0.5, 0.6) is 0 Å². The fourth-order valence-electron chi connectivity index (χ4n) is 7.29. The van der Waals surface area contributed by atoms with E-state index in [1.54, 1.807) is 12.1 Å². The van der Waals surface area contributed by atoms with E-state index >= 15 is 0 Å². The maximum absolute atomic E-state index is 14.6. The number of nitrogens with one attached hydrogen (secondary N) is 5. The Balaban J connectivity index is 1.62. The normalized spacial score (nSPS) is 26.2. The molecule has 7 atom stereocenters. The van der Waals surface area contributed by atoms with E-state index in [0.717, 1.165) is 4.90 Å². The Bertz CT molecular complexity index is 1850. The van der Waals surface area contributed by atoms with Gasteiger partial charge in [-0.25, -0.2) is 4.39 Å². The summed E-state index contributed by atoms with van der Waals surface area (Å²) in [7, 11) is 1.37. The zero-order valence-electron chi connectivity index (χ0n) is 34.9. The first kappa shape index (κ1) is 49.4. The number of benzene rings is 1. The van der Waals surface area contributed by atoms with Crippen molar-refractivity contribution in [2.24, 2.45) is 11.8 Å². The van der Waals surface area contributed by atoms with Gasteiger partial charge in [-0.3, -0.25) is 33.6 Å². The van der Waals surface area contributed by atoms with Crippen molar-refractivity contribution in [2.75, 3.05) is 20.1 Å². The van der Waals surface area contributed by atoms with E-state index < -0.39 is 114 Å². The second-order valence-electron chi connectivity index (χ2n) is 17.2. The summed E-state index contributed by atoms with van der Waals surface area (Å²) in [5, 5.41) is 23.9. The summed E-state index contributed by atoms with van der Waals surface area (Å²) < 4.78 is 55.2. The van der Waals surface area contributed by atoms with E-state index in [9.17, 15) is 56.2 Å². The summed E-state index contributed by atoms with van der Waals surface area (Å²) in [5.41, 5.74) is -4.93. The molecule has 1 saturated carbocycles. The van der Waals surface area contributed by atoms with Crippen LogP contribution in [0.2, 0.25) is 10.0 Å². The Labute approximate surface area is 361 Å². The van der Waals surface area contributed by atoms with Crippen LogP contribution in [0.15, 0.2) is 18.2 Å². The lowest BCUT2D eigenvalue weighted by molar-refractivity contribution is -0.250. The van der Waals surface area contributed by atoms with Gasteiger partial charge in [0.05, 0.1) is 6.54 Å². The molecule has 4 rings (SSSR count). The lowest BCUT2D eigenvalue weighted by Gasteiger charge is -2.35.